The van der Waals surface area contributed by atoms with Crippen LogP contribution in [-0.2, 0) is 17.1 Å². The molecule has 8 heteroatoms. The molecule has 3 aromatic rings. The number of amides is 1. The first kappa shape index (κ1) is 22.2. The van der Waals surface area contributed by atoms with Crippen LogP contribution in [0.4, 0.5) is 5.95 Å². The molecule has 1 heterocycles. The SMILES string of the molecule is CCn1c(NC(=O)COc2cc(C)cc(C)c2C)nnc1SCc1ccccc1Cl. The normalized spacial score (nSPS) is 10.8. The number of hydrogen-bond acceptors (Lipinski definition) is 5. The largest absolute Gasteiger partial charge is 0.483 e. The molecule has 1 N–H and O–H groups in total. The van der Waals surface area contributed by atoms with Crippen LogP contribution in [0.1, 0.15) is 29.2 Å². The Labute approximate surface area is 186 Å². The van der Waals surface area contributed by atoms with Gasteiger partial charge in [-0.15, -0.1) is 10.2 Å². The van der Waals surface area contributed by atoms with Crippen LogP contribution in [0.5, 0.6) is 5.75 Å². The number of ether oxygens (including phenoxy) is 1. The number of carbonyl (C=O) groups excluding carboxylic acids is 1. The zero-order valence-electron chi connectivity index (χ0n) is 17.5. The summed E-state index contributed by atoms with van der Waals surface area (Å²) in [4.78, 5) is 12.4. The van der Waals surface area contributed by atoms with E-state index < -0.39 is 0 Å². The summed E-state index contributed by atoms with van der Waals surface area (Å²) in [5.41, 5.74) is 4.29. The number of aryl methyl sites for hydroxylation is 2. The maximum atomic E-state index is 12.4. The number of anilines is 1. The van der Waals surface area contributed by atoms with Crippen LogP contribution in [0.25, 0.3) is 0 Å². The topological polar surface area (TPSA) is 69.0 Å². The van der Waals surface area contributed by atoms with Gasteiger partial charge in [0.05, 0.1) is 0 Å². The Morgan fingerprint density at radius 2 is 1.97 bits per heavy atom. The fraction of sp³-hybridized carbons (Fsp3) is 0.318. The second-order valence-electron chi connectivity index (χ2n) is 6.97. The minimum absolute atomic E-state index is 0.0948. The van der Waals surface area contributed by atoms with Crippen LogP contribution in [0.15, 0.2) is 41.6 Å². The van der Waals surface area contributed by atoms with E-state index >= 15 is 0 Å². The summed E-state index contributed by atoms with van der Waals surface area (Å²) in [5.74, 6) is 1.51. The molecule has 0 spiro atoms. The van der Waals surface area contributed by atoms with E-state index in [-0.39, 0.29) is 12.5 Å². The highest BCUT2D eigenvalue weighted by molar-refractivity contribution is 7.98. The number of hydrogen-bond donors (Lipinski definition) is 1. The number of nitrogens with zero attached hydrogens (tertiary/aromatic N) is 3. The molecule has 0 aliphatic heterocycles. The molecule has 0 fully saturated rings. The summed E-state index contributed by atoms with van der Waals surface area (Å²) in [6, 6.07) is 11.7. The maximum absolute atomic E-state index is 12.4. The molecule has 0 aliphatic rings. The van der Waals surface area contributed by atoms with Gasteiger partial charge in [0.25, 0.3) is 5.91 Å². The molecule has 30 heavy (non-hydrogen) atoms. The number of thioether (sulfide) groups is 1. The molecule has 1 aromatic heterocycles. The molecule has 0 unspecified atom stereocenters. The van der Waals surface area contributed by atoms with E-state index in [4.69, 9.17) is 16.3 Å². The molecule has 6 nitrogen and oxygen atoms in total. The molecule has 0 atom stereocenters. The summed E-state index contributed by atoms with van der Waals surface area (Å²) in [7, 11) is 0. The second-order valence-corrected chi connectivity index (χ2v) is 8.32. The number of nitrogens with one attached hydrogen (secondary N) is 1. The Kier molecular flexibility index (Phi) is 7.39. The molecule has 3 rings (SSSR count). The number of benzene rings is 2. The lowest BCUT2D eigenvalue weighted by molar-refractivity contribution is -0.118. The molecule has 0 bridgehead atoms. The molecule has 1 amide bonds. The average Bonchev–Trinajstić information content (AvgIpc) is 3.10. The highest BCUT2D eigenvalue weighted by atomic mass is 35.5. The quantitative estimate of drug-likeness (QED) is 0.484. The van der Waals surface area contributed by atoms with E-state index in [1.165, 1.54) is 11.8 Å². The van der Waals surface area contributed by atoms with Crippen molar-refractivity contribution in [3.8, 4) is 5.75 Å². The van der Waals surface area contributed by atoms with Gasteiger partial charge < -0.3 is 4.74 Å². The van der Waals surface area contributed by atoms with Crippen LogP contribution in [0.2, 0.25) is 5.02 Å². The van der Waals surface area contributed by atoms with Crippen molar-refractivity contribution < 1.29 is 9.53 Å². The Morgan fingerprint density at radius 3 is 2.70 bits per heavy atom. The van der Waals surface area contributed by atoms with Crippen LogP contribution >= 0.6 is 23.4 Å². The van der Waals surface area contributed by atoms with Gasteiger partial charge in [-0.3, -0.25) is 14.7 Å². The number of carbonyl (C=O) groups is 1. The van der Waals surface area contributed by atoms with Gasteiger partial charge >= 0.3 is 0 Å². The van der Waals surface area contributed by atoms with Crippen molar-refractivity contribution in [3.63, 3.8) is 0 Å². The lowest BCUT2D eigenvalue weighted by Crippen LogP contribution is -2.22. The summed E-state index contributed by atoms with van der Waals surface area (Å²) in [6.07, 6.45) is 0. The summed E-state index contributed by atoms with van der Waals surface area (Å²) < 4.78 is 7.60. The van der Waals surface area contributed by atoms with Gasteiger partial charge in [-0.05, 0) is 62.1 Å². The first-order valence-electron chi connectivity index (χ1n) is 9.69. The highest BCUT2D eigenvalue weighted by Gasteiger charge is 2.15. The monoisotopic (exact) mass is 444 g/mol. The van der Waals surface area contributed by atoms with Gasteiger partial charge in [0, 0.05) is 17.3 Å². The Morgan fingerprint density at radius 1 is 1.20 bits per heavy atom. The van der Waals surface area contributed by atoms with Gasteiger partial charge in [0.15, 0.2) is 11.8 Å². The number of rotatable bonds is 8. The lowest BCUT2D eigenvalue weighted by Gasteiger charge is -2.12. The van der Waals surface area contributed by atoms with Crippen LogP contribution < -0.4 is 10.1 Å². The van der Waals surface area contributed by atoms with Crippen molar-refractivity contribution in [3.05, 3.63) is 63.7 Å². The van der Waals surface area contributed by atoms with Gasteiger partial charge in [0.2, 0.25) is 5.95 Å². The minimum atomic E-state index is -0.279. The van der Waals surface area contributed by atoms with Crippen LogP contribution in [0, 0.1) is 20.8 Å². The Bertz CT molecular complexity index is 1050. The average molecular weight is 445 g/mol. The third-order valence-corrected chi connectivity index (χ3v) is 6.11. The van der Waals surface area contributed by atoms with Crippen molar-refractivity contribution in [1.82, 2.24) is 14.8 Å². The zero-order chi connectivity index (χ0) is 21.7. The molecular formula is C22H25ClN4O2S. The minimum Gasteiger partial charge on any atom is -0.483 e. The number of aromatic nitrogens is 3. The standard InChI is InChI=1S/C22H25ClN4O2S/c1-5-27-21(25-26-22(27)30-13-17-8-6-7-9-18(17)23)24-20(28)12-29-19-11-14(2)10-15(3)16(19)4/h6-11H,5,12-13H2,1-4H3,(H,24,25,28). The van der Waals surface area contributed by atoms with Gasteiger partial charge in [-0.2, -0.15) is 0 Å². The Hall–Kier alpha value is -2.51. The smallest absolute Gasteiger partial charge is 0.264 e. The molecule has 0 aliphatic carbocycles. The molecule has 0 saturated carbocycles. The summed E-state index contributed by atoms with van der Waals surface area (Å²) in [5, 5.41) is 12.6. The predicted molar refractivity (Wildman–Crippen MR) is 121 cm³/mol. The highest BCUT2D eigenvalue weighted by Crippen LogP contribution is 2.27. The maximum Gasteiger partial charge on any atom is 0.264 e. The molecular weight excluding hydrogens is 420 g/mol. The van der Waals surface area contributed by atoms with Gasteiger partial charge in [-0.25, -0.2) is 0 Å². The fourth-order valence-electron chi connectivity index (χ4n) is 2.99. The van der Waals surface area contributed by atoms with Crippen molar-refractivity contribution in [2.75, 3.05) is 11.9 Å². The third kappa shape index (κ3) is 5.34. The Balaban J connectivity index is 1.62. The van der Waals surface area contributed by atoms with E-state index in [1.807, 2.05) is 62.6 Å². The van der Waals surface area contributed by atoms with E-state index in [2.05, 4.69) is 21.6 Å². The molecule has 2 aromatic carbocycles. The van der Waals surface area contributed by atoms with Crippen molar-refractivity contribution in [2.24, 2.45) is 0 Å². The zero-order valence-corrected chi connectivity index (χ0v) is 19.1. The predicted octanol–water partition coefficient (Wildman–Crippen LogP) is 5.19. The molecule has 158 valence electrons. The summed E-state index contributed by atoms with van der Waals surface area (Å²) in [6.45, 7) is 8.53. The molecule has 0 saturated heterocycles. The first-order valence-corrected chi connectivity index (χ1v) is 11.0. The van der Waals surface area contributed by atoms with Crippen molar-refractivity contribution >= 4 is 35.2 Å². The van der Waals surface area contributed by atoms with Gasteiger partial charge in [0.1, 0.15) is 5.75 Å². The lowest BCUT2D eigenvalue weighted by atomic mass is 10.1. The van der Waals surface area contributed by atoms with Gasteiger partial charge in [-0.1, -0.05) is 47.6 Å². The van der Waals surface area contributed by atoms with E-state index in [1.54, 1.807) is 0 Å². The first-order chi connectivity index (χ1) is 14.4. The van der Waals surface area contributed by atoms with E-state index in [0.29, 0.717) is 18.2 Å². The molecule has 0 radical (unpaired) electrons. The van der Waals surface area contributed by atoms with Crippen LogP contribution in [0.3, 0.4) is 0 Å². The summed E-state index contributed by atoms with van der Waals surface area (Å²) >= 11 is 7.75. The fourth-order valence-corrected chi connectivity index (χ4v) is 4.27. The number of halogens is 1. The van der Waals surface area contributed by atoms with Crippen LogP contribution in [-0.4, -0.2) is 27.3 Å². The van der Waals surface area contributed by atoms with E-state index in [0.717, 1.165) is 38.2 Å². The second kappa shape index (κ2) is 10.00. The van der Waals surface area contributed by atoms with E-state index in [9.17, 15) is 4.79 Å². The van der Waals surface area contributed by atoms with Crippen molar-refractivity contribution in [1.29, 1.82) is 0 Å². The van der Waals surface area contributed by atoms with Crippen molar-refractivity contribution in [2.45, 2.75) is 45.1 Å². The third-order valence-electron chi connectivity index (χ3n) is 4.72.